The number of ether oxygens (including phenoxy) is 1. The van der Waals surface area contributed by atoms with Crippen molar-refractivity contribution in [2.24, 2.45) is 0 Å². The van der Waals surface area contributed by atoms with Gasteiger partial charge >= 0.3 is 5.97 Å². The molecule has 0 spiro atoms. The Morgan fingerprint density at radius 1 is 1.62 bits per heavy atom. The van der Waals surface area contributed by atoms with Gasteiger partial charge in [0.25, 0.3) is 0 Å². The number of nitrogens with one attached hydrogen (secondary N) is 1. The van der Waals surface area contributed by atoms with E-state index in [1.165, 1.54) is 0 Å². The van der Waals surface area contributed by atoms with Gasteiger partial charge in [0.1, 0.15) is 5.70 Å². The van der Waals surface area contributed by atoms with Crippen LogP contribution in [0.4, 0.5) is 0 Å². The summed E-state index contributed by atoms with van der Waals surface area (Å²) in [5.74, 6) is -0.435. The second-order valence-corrected chi connectivity index (χ2v) is 2.44. The Kier molecular flexibility index (Phi) is 5.35. The predicted octanol–water partition coefficient (Wildman–Crippen LogP) is 1.74. The third kappa shape index (κ3) is 4.85. The van der Waals surface area contributed by atoms with Gasteiger partial charge in [-0.05, 0) is 19.4 Å². The smallest absolute Gasteiger partial charge is 0.354 e. The number of allylic oxidation sites excluding steroid dienone is 2. The van der Waals surface area contributed by atoms with Crippen molar-refractivity contribution >= 4 is 5.97 Å². The molecule has 0 heterocycles. The molecule has 1 N–H and O–H groups in total. The molecule has 0 saturated heterocycles. The first-order chi connectivity index (χ1) is 6.11. The molecule has 0 aliphatic carbocycles. The predicted molar refractivity (Wildman–Crippen MR) is 52.9 cm³/mol. The first kappa shape index (κ1) is 11.5. The summed E-state index contributed by atoms with van der Waals surface area (Å²) in [7, 11) is 0. The van der Waals surface area contributed by atoms with Crippen LogP contribution in [0.1, 0.15) is 13.8 Å². The lowest BCUT2D eigenvalue weighted by atomic mass is 10.3. The number of carbonyl (C=O) groups excluding carboxylic acids is 1. The van der Waals surface area contributed by atoms with Crippen LogP contribution < -0.4 is 5.32 Å². The summed E-state index contributed by atoms with van der Waals surface area (Å²) in [5.41, 5.74) is 1.15. The van der Waals surface area contributed by atoms with Gasteiger partial charge in [-0.2, -0.15) is 0 Å². The molecule has 0 saturated carbocycles. The van der Waals surface area contributed by atoms with Crippen molar-refractivity contribution in [1.82, 2.24) is 5.32 Å². The summed E-state index contributed by atoms with van der Waals surface area (Å²) in [6.45, 7) is 11.0. The van der Waals surface area contributed by atoms with E-state index in [1.807, 2.05) is 6.92 Å². The molecule has 0 fully saturated rings. The van der Waals surface area contributed by atoms with Crippen molar-refractivity contribution in [2.75, 3.05) is 6.61 Å². The maximum atomic E-state index is 11.0. The zero-order chi connectivity index (χ0) is 10.3. The van der Waals surface area contributed by atoms with E-state index < -0.39 is 5.97 Å². The maximum Gasteiger partial charge on any atom is 0.354 e. The highest BCUT2D eigenvalue weighted by Crippen LogP contribution is 1.94. The fraction of sp³-hybridized carbons (Fsp3) is 0.300. The molecule has 0 unspecified atom stereocenters. The zero-order valence-electron chi connectivity index (χ0n) is 8.09. The number of hydrogen-bond acceptors (Lipinski definition) is 3. The van der Waals surface area contributed by atoms with Crippen LogP contribution in [-0.2, 0) is 9.53 Å². The van der Waals surface area contributed by atoms with Crippen LogP contribution in [0.15, 0.2) is 36.7 Å². The van der Waals surface area contributed by atoms with Gasteiger partial charge in [0.15, 0.2) is 0 Å². The highest BCUT2D eigenvalue weighted by molar-refractivity contribution is 5.87. The van der Waals surface area contributed by atoms with Gasteiger partial charge < -0.3 is 10.1 Å². The monoisotopic (exact) mass is 181 g/mol. The largest absolute Gasteiger partial charge is 0.461 e. The molecule has 0 radical (unpaired) electrons. The van der Waals surface area contributed by atoms with Gasteiger partial charge in [-0.15, -0.1) is 0 Å². The van der Waals surface area contributed by atoms with E-state index in [4.69, 9.17) is 4.74 Å². The summed E-state index contributed by atoms with van der Waals surface area (Å²) in [5, 5.41) is 2.72. The molecule has 0 aromatic rings. The summed E-state index contributed by atoms with van der Waals surface area (Å²) in [6, 6.07) is 0. The Morgan fingerprint density at radius 2 is 2.23 bits per heavy atom. The van der Waals surface area contributed by atoms with Crippen molar-refractivity contribution < 1.29 is 9.53 Å². The minimum atomic E-state index is -0.435. The van der Waals surface area contributed by atoms with Gasteiger partial charge in [0.05, 0.1) is 6.61 Å². The molecule has 3 nitrogen and oxygen atoms in total. The Morgan fingerprint density at radius 3 is 2.69 bits per heavy atom. The van der Waals surface area contributed by atoms with Crippen molar-refractivity contribution in [3.63, 3.8) is 0 Å². The van der Waals surface area contributed by atoms with Gasteiger partial charge in [-0.1, -0.05) is 19.2 Å². The van der Waals surface area contributed by atoms with Crippen LogP contribution in [0.2, 0.25) is 0 Å². The third-order valence-corrected chi connectivity index (χ3v) is 1.32. The summed E-state index contributed by atoms with van der Waals surface area (Å²) < 4.78 is 4.71. The number of carbonyl (C=O) groups is 1. The molecular formula is C10H15NO2. The second kappa shape index (κ2) is 6.06. The minimum absolute atomic E-state index is 0.225. The molecule has 0 aromatic carbocycles. The molecule has 0 aromatic heterocycles. The zero-order valence-corrected chi connectivity index (χ0v) is 8.09. The first-order valence-corrected chi connectivity index (χ1v) is 4.03. The fourth-order valence-corrected chi connectivity index (χ4v) is 0.537. The van der Waals surface area contributed by atoms with Crippen LogP contribution in [0, 0.1) is 0 Å². The third-order valence-electron chi connectivity index (χ3n) is 1.32. The van der Waals surface area contributed by atoms with Crippen LogP contribution in [0.5, 0.6) is 0 Å². The molecule has 0 rings (SSSR count). The summed E-state index contributed by atoms with van der Waals surface area (Å²) in [6.07, 6.45) is 3.32. The Hall–Kier alpha value is -1.51. The van der Waals surface area contributed by atoms with E-state index in [2.05, 4.69) is 18.5 Å². The maximum absolute atomic E-state index is 11.0. The molecule has 0 aliphatic heterocycles. The lowest BCUT2D eigenvalue weighted by molar-refractivity contribution is -0.138. The topological polar surface area (TPSA) is 38.3 Å². The first-order valence-electron chi connectivity index (χ1n) is 4.03. The van der Waals surface area contributed by atoms with Crippen LogP contribution >= 0.6 is 0 Å². The number of hydrogen-bond donors (Lipinski definition) is 1. The molecule has 0 aliphatic rings. The van der Waals surface area contributed by atoms with Gasteiger partial charge in [0, 0.05) is 6.20 Å². The Balaban J connectivity index is 4.01. The average molecular weight is 181 g/mol. The molecule has 0 atom stereocenters. The standard InChI is InChI=1S/C10H15NO2/c1-5-8(3)7-11-9(4)10(12)13-6-2/h5,7,11H,1,4,6H2,2-3H3/b8-7+. The summed E-state index contributed by atoms with van der Waals surface area (Å²) in [4.78, 5) is 11.0. The molecular weight excluding hydrogens is 166 g/mol. The lowest BCUT2D eigenvalue weighted by Gasteiger charge is -2.04. The van der Waals surface area contributed by atoms with Crippen molar-refractivity contribution in [2.45, 2.75) is 13.8 Å². The van der Waals surface area contributed by atoms with E-state index in [1.54, 1.807) is 19.2 Å². The van der Waals surface area contributed by atoms with Crippen LogP contribution in [0.25, 0.3) is 0 Å². The molecule has 3 heteroatoms. The minimum Gasteiger partial charge on any atom is -0.461 e. The normalized spacial score (nSPS) is 10.5. The van der Waals surface area contributed by atoms with Gasteiger partial charge in [0.2, 0.25) is 0 Å². The van der Waals surface area contributed by atoms with E-state index in [0.29, 0.717) is 6.61 Å². The van der Waals surface area contributed by atoms with E-state index in [0.717, 1.165) is 5.57 Å². The highest BCUT2D eigenvalue weighted by atomic mass is 16.5. The highest BCUT2D eigenvalue weighted by Gasteiger charge is 2.04. The molecule has 0 amide bonds. The van der Waals surface area contributed by atoms with Gasteiger partial charge in [-0.25, -0.2) is 4.79 Å². The quantitative estimate of drug-likeness (QED) is 0.399. The van der Waals surface area contributed by atoms with Crippen LogP contribution in [-0.4, -0.2) is 12.6 Å². The van der Waals surface area contributed by atoms with E-state index >= 15 is 0 Å². The van der Waals surface area contributed by atoms with Crippen molar-refractivity contribution in [1.29, 1.82) is 0 Å². The van der Waals surface area contributed by atoms with Crippen molar-refractivity contribution in [3.8, 4) is 0 Å². The molecule has 72 valence electrons. The molecule has 0 bridgehead atoms. The summed E-state index contributed by atoms with van der Waals surface area (Å²) >= 11 is 0. The van der Waals surface area contributed by atoms with Gasteiger partial charge in [-0.3, -0.25) is 0 Å². The van der Waals surface area contributed by atoms with E-state index in [-0.39, 0.29) is 5.70 Å². The SMILES string of the molecule is C=C/C(C)=C/NC(=C)C(=O)OCC. The van der Waals surface area contributed by atoms with Crippen molar-refractivity contribution in [3.05, 3.63) is 36.7 Å². The average Bonchev–Trinajstić information content (AvgIpc) is 2.13. The second-order valence-electron chi connectivity index (χ2n) is 2.44. The van der Waals surface area contributed by atoms with Crippen LogP contribution in [0.3, 0.4) is 0 Å². The Bertz CT molecular complexity index is 241. The Labute approximate surface area is 78.8 Å². The van der Waals surface area contributed by atoms with E-state index in [9.17, 15) is 4.79 Å². The lowest BCUT2D eigenvalue weighted by Crippen LogP contribution is -2.17. The number of rotatable bonds is 5. The molecule has 13 heavy (non-hydrogen) atoms. The fourth-order valence-electron chi connectivity index (χ4n) is 0.537. The number of esters is 1.